The lowest BCUT2D eigenvalue weighted by atomic mass is 10.2. The molecule has 0 saturated carbocycles. The number of nitro groups is 1. The molecule has 10 heteroatoms. The van der Waals surface area contributed by atoms with E-state index in [1.54, 1.807) is 18.2 Å². The highest BCUT2D eigenvalue weighted by Crippen LogP contribution is 2.32. The first-order valence-electron chi connectivity index (χ1n) is 8.67. The van der Waals surface area contributed by atoms with Crippen molar-refractivity contribution in [2.24, 2.45) is 0 Å². The number of methoxy groups -OCH3 is 1. The van der Waals surface area contributed by atoms with Crippen LogP contribution in [-0.2, 0) is 9.53 Å². The molecule has 2 aromatic rings. The van der Waals surface area contributed by atoms with Crippen molar-refractivity contribution in [2.45, 2.75) is 6.42 Å². The lowest BCUT2D eigenvalue weighted by Crippen LogP contribution is -2.20. The van der Waals surface area contributed by atoms with Gasteiger partial charge in [0.1, 0.15) is 0 Å². The van der Waals surface area contributed by atoms with Crippen LogP contribution in [0.15, 0.2) is 36.4 Å². The Morgan fingerprint density at radius 1 is 1.14 bits per heavy atom. The predicted molar refractivity (Wildman–Crippen MR) is 101 cm³/mol. The van der Waals surface area contributed by atoms with E-state index in [0.717, 1.165) is 12.5 Å². The molecule has 2 aromatic carbocycles. The van der Waals surface area contributed by atoms with Crippen LogP contribution in [0.5, 0.6) is 17.2 Å². The Morgan fingerprint density at radius 2 is 1.90 bits per heavy atom. The molecule has 29 heavy (non-hydrogen) atoms. The molecule has 0 fully saturated rings. The molecule has 0 spiro atoms. The van der Waals surface area contributed by atoms with Crippen molar-refractivity contribution in [1.82, 2.24) is 0 Å². The molecule has 0 aliphatic carbocycles. The van der Waals surface area contributed by atoms with Crippen molar-refractivity contribution in [3.05, 3.63) is 52.1 Å². The zero-order valence-electron chi connectivity index (χ0n) is 15.5. The van der Waals surface area contributed by atoms with Crippen molar-refractivity contribution in [2.75, 3.05) is 32.2 Å². The fraction of sp³-hybridized carbons (Fsp3) is 0.263. The third-order valence-electron chi connectivity index (χ3n) is 3.97. The van der Waals surface area contributed by atoms with Gasteiger partial charge in [-0.1, -0.05) is 0 Å². The molecule has 1 N–H and O–H groups in total. The Bertz CT molecular complexity index is 944. The van der Waals surface area contributed by atoms with E-state index in [4.69, 9.17) is 14.2 Å². The fourth-order valence-corrected chi connectivity index (χ4v) is 2.61. The van der Waals surface area contributed by atoms with Crippen molar-refractivity contribution in [1.29, 1.82) is 0 Å². The molecular weight excluding hydrogens is 384 g/mol. The third-order valence-corrected chi connectivity index (χ3v) is 3.97. The molecule has 0 saturated heterocycles. The quantitative estimate of drug-likeness (QED) is 0.444. The minimum Gasteiger partial charge on any atom is -0.490 e. The minimum absolute atomic E-state index is 0.00296. The second kappa shape index (κ2) is 8.91. The number of carbonyl (C=O) groups is 2. The van der Waals surface area contributed by atoms with Crippen LogP contribution in [-0.4, -0.2) is 43.7 Å². The maximum Gasteiger partial charge on any atom is 0.338 e. The van der Waals surface area contributed by atoms with Crippen LogP contribution < -0.4 is 19.5 Å². The molecule has 0 unspecified atom stereocenters. The molecule has 1 heterocycles. The summed E-state index contributed by atoms with van der Waals surface area (Å²) in [7, 11) is 1.17. The lowest BCUT2D eigenvalue weighted by molar-refractivity contribution is -0.385. The van der Waals surface area contributed by atoms with E-state index in [1.807, 2.05) is 0 Å². The summed E-state index contributed by atoms with van der Waals surface area (Å²) in [6, 6.07) is 8.56. The lowest BCUT2D eigenvalue weighted by Gasteiger charge is -2.11. The van der Waals surface area contributed by atoms with Crippen LogP contribution in [0.25, 0.3) is 0 Å². The second-order valence-electron chi connectivity index (χ2n) is 5.98. The van der Waals surface area contributed by atoms with Gasteiger partial charge in [0, 0.05) is 24.2 Å². The van der Waals surface area contributed by atoms with E-state index in [0.29, 0.717) is 30.4 Å². The van der Waals surface area contributed by atoms with Gasteiger partial charge in [-0.3, -0.25) is 14.9 Å². The number of amides is 1. The van der Waals surface area contributed by atoms with Crippen LogP contribution in [0.4, 0.5) is 11.4 Å². The van der Waals surface area contributed by atoms with Gasteiger partial charge in [0.2, 0.25) is 0 Å². The summed E-state index contributed by atoms with van der Waals surface area (Å²) < 4.78 is 20.9. The van der Waals surface area contributed by atoms with E-state index in [2.05, 4.69) is 10.1 Å². The average molecular weight is 402 g/mol. The third kappa shape index (κ3) is 4.92. The van der Waals surface area contributed by atoms with Crippen molar-refractivity contribution in [3.8, 4) is 17.2 Å². The van der Waals surface area contributed by atoms with Crippen LogP contribution in [0, 0.1) is 10.1 Å². The van der Waals surface area contributed by atoms with Crippen LogP contribution >= 0.6 is 0 Å². The van der Waals surface area contributed by atoms with Gasteiger partial charge in [0.25, 0.3) is 5.91 Å². The summed E-state index contributed by atoms with van der Waals surface area (Å²) in [6.07, 6.45) is 0.762. The highest BCUT2D eigenvalue weighted by atomic mass is 16.6. The summed E-state index contributed by atoms with van der Waals surface area (Å²) in [5.74, 6) is -0.262. The van der Waals surface area contributed by atoms with Crippen molar-refractivity contribution in [3.63, 3.8) is 0 Å². The standard InChI is InChI=1S/C19H18N2O8/c1-26-19(23)12-3-5-15(14(9-12)21(24)25)29-11-18(22)20-13-4-6-16-17(10-13)28-8-2-7-27-16/h3-6,9-10H,2,7-8,11H2,1H3,(H,20,22). The maximum absolute atomic E-state index is 12.2. The Hall–Kier alpha value is -3.82. The monoisotopic (exact) mass is 402 g/mol. The first-order chi connectivity index (χ1) is 14.0. The van der Waals surface area contributed by atoms with E-state index in [-0.39, 0.29) is 11.3 Å². The predicted octanol–water partition coefficient (Wildman–Crippen LogP) is 2.56. The number of fused-ring (bicyclic) bond motifs is 1. The second-order valence-corrected chi connectivity index (χ2v) is 5.98. The average Bonchev–Trinajstić information content (AvgIpc) is 2.96. The van der Waals surface area contributed by atoms with Gasteiger partial charge in [-0.05, 0) is 24.3 Å². The SMILES string of the molecule is COC(=O)c1ccc(OCC(=O)Nc2ccc3c(c2)OCCCO3)c([N+](=O)[O-])c1. The number of benzene rings is 2. The van der Waals surface area contributed by atoms with Crippen molar-refractivity contribution < 1.29 is 33.5 Å². The summed E-state index contributed by atoms with van der Waals surface area (Å²) >= 11 is 0. The molecule has 1 aliphatic heterocycles. The number of carbonyl (C=O) groups excluding carboxylic acids is 2. The van der Waals surface area contributed by atoms with E-state index >= 15 is 0 Å². The van der Waals surface area contributed by atoms with E-state index in [9.17, 15) is 19.7 Å². The minimum atomic E-state index is -0.716. The number of nitro benzene ring substituents is 1. The Morgan fingerprint density at radius 3 is 2.62 bits per heavy atom. The fourth-order valence-electron chi connectivity index (χ4n) is 2.61. The highest BCUT2D eigenvalue weighted by molar-refractivity contribution is 5.92. The van der Waals surface area contributed by atoms with Gasteiger partial charge in [0.15, 0.2) is 23.9 Å². The summed E-state index contributed by atoms with van der Waals surface area (Å²) in [4.78, 5) is 34.2. The molecule has 0 bridgehead atoms. The molecule has 152 valence electrons. The summed E-state index contributed by atoms with van der Waals surface area (Å²) in [6.45, 7) is 0.603. The summed E-state index contributed by atoms with van der Waals surface area (Å²) in [5.41, 5.74) is 0.0258. The molecular formula is C19H18N2O8. The Balaban J connectivity index is 1.65. The van der Waals surface area contributed by atoms with Crippen LogP contribution in [0.1, 0.15) is 16.8 Å². The molecule has 1 aliphatic rings. The number of nitrogens with one attached hydrogen (secondary N) is 1. The highest BCUT2D eigenvalue weighted by Gasteiger charge is 2.20. The van der Waals surface area contributed by atoms with E-state index < -0.39 is 29.1 Å². The maximum atomic E-state index is 12.2. The van der Waals surface area contributed by atoms with Crippen LogP contribution in [0.2, 0.25) is 0 Å². The number of hydrogen-bond donors (Lipinski definition) is 1. The molecule has 3 rings (SSSR count). The van der Waals surface area contributed by atoms with Gasteiger partial charge < -0.3 is 24.3 Å². The Labute approximate surface area is 165 Å². The number of esters is 1. The normalized spacial score (nSPS) is 12.4. The number of hydrogen-bond acceptors (Lipinski definition) is 8. The van der Waals surface area contributed by atoms with E-state index in [1.165, 1.54) is 19.2 Å². The first-order valence-corrected chi connectivity index (χ1v) is 8.67. The number of anilines is 1. The Kier molecular flexibility index (Phi) is 6.12. The zero-order valence-corrected chi connectivity index (χ0v) is 15.5. The zero-order chi connectivity index (χ0) is 20.8. The molecule has 1 amide bonds. The summed E-state index contributed by atoms with van der Waals surface area (Å²) in [5, 5.41) is 13.9. The molecule has 0 radical (unpaired) electrons. The number of ether oxygens (including phenoxy) is 4. The van der Waals surface area contributed by atoms with Crippen LogP contribution in [0.3, 0.4) is 0 Å². The first kappa shape index (κ1) is 19.9. The smallest absolute Gasteiger partial charge is 0.338 e. The van der Waals surface area contributed by atoms with Gasteiger partial charge >= 0.3 is 11.7 Å². The largest absolute Gasteiger partial charge is 0.490 e. The molecule has 0 aromatic heterocycles. The topological polar surface area (TPSA) is 126 Å². The van der Waals surface area contributed by atoms with Crippen molar-refractivity contribution >= 4 is 23.3 Å². The molecule has 0 atom stereocenters. The molecule has 10 nitrogen and oxygen atoms in total. The number of nitrogens with zero attached hydrogens (tertiary/aromatic N) is 1. The van der Waals surface area contributed by atoms with Gasteiger partial charge in [-0.2, -0.15) is 0 Å². The van der Waals surface area contributed by atoms with Gasteiger partial charge in [-0.15, -0.1) is 0 Å². The number of rotatable bonds is 6. The van der Waals surface area contributed by atoms with Gasteiger partial charge in [-0.25, -0.2) is 4.79 Å². The van der Waals surface area contributed by atoms with Gasteiger partial charge in [0.05, 0.1) is 30.8 Å².